The van der Waals surface area contributed by atoms with Crippen molar-refractivity contribution in [2.45, 2.75) is 25.3 Å². The van der Waals surface area contributed by atoms with E-state index in [0.717, 1.165) is 58.7 Å². The summed E-state index contributed by atoms with van der Waals surface area (Å²) in [6.45, 7) is 5.01. The molecule has 28 heavy (non-hydrogen) atoms. The van der Waals surface area contributed by atoms with Crippen molar-refractivity contribution in [2.24, 2.45) is 0 Å². The van der Waals surface area contributed by atoms with Gasteiger partial charge in [0.1, 0.15) is 5.69 Å². The first-order valence-electron chi connectivity index (χ1n) is 9.69. The van der Waals surface area contributed by atoms with Crippen LogP contribution >= 0.6 is 0 Å². The molecule has 1 unspecified atom stereocenters. The normalized spacial score (nSPS) is 21.0. The van der Waals surface area contributed by atoms with Crippen LogP contribution < -0.4 is 4.90 Å². The molecule has 0 radical (unpaired) electrons. The van der Waals surface area contributed by atoms with Gasteiger partial charge in [0.25, 0.3) is 5.69 Å². The first-order chi connectivity index (χ1) is 13.6. The van der Waals surface area contributed by atoms with Crippen LogP contribution in [0.1, 0.15) is 24.8 Å². The predicted molar refractivity (Wildman–Crippen MR) is 106 cm³/mol. The first-order valence-corrected chi connectivity index (χ1v) is 9.69. The molecule has 2 fully saturated rings. The van der Waals surface area contributed by atoms with Crippen molar-refractivity contribution >= 4 is 23.4 Å². The van der Waals surface area contributed by atoms with Crippen LogP contribution in [0.15, 0.2) is 24.3 Å². The maximum Gasteiger partial charge on any atom is 0.330 e. The molecule has 0 N–H and O–H groups in total. The number of methoxy groups -OCH3 is 1. The maximum absolute atomic E-state index is 11.7. The van der Waals surface area contributed by atoms with Crippen LogP contribution in [0.4, 0.5) is 11.4 Å². The van der Waals surface area contributed by atoms with Crippen LogP contribution in [0, 0.1) is 10.1 Å². The van der Waals surface area contributed by atoms with Gasteiger partial charge in [0.15, 0.2) is 0 Å². The number of hydrogen-bond donors (Lipinski definition) is 0. The maximum atomic E-state index is 11.7. The van der Waals surface area contributed by atoms with E-state index in [9.17, 15) is 14.9 Å². The average Bonchev–Trinajstić information content (AvgIpc) is 2.73. The Kier molecular flexibility index (Phi) is 7.00. The monoisotopic (exact) mass is 389 g/mol. The molecular formula is C20H27N3O5. The van der Waals surface area contributed by atoms with Gasteiger partial charge in [-0.15, -0.1) is 0 Å². The van der Waals surface area contributed by atoms with E-state index in [0.29, 0.717) is 11.3 Å². The number of carbonyl (C=O) groups is 1. The van der Waals surface area contributed by atoms with E-state index >= 15 is 0 Å². The number of benzene rings is 1. The number of ether oxygens (including phenoxy) is 2. The summed E-state index contributed by atoms with van der Waals surface area (Å²) >= 11 is 0. The summed E-state index contributed by atoms with van der Waals surface area (Å²) in [4.78, 5) is 27.3. The molecule has 0 spiro atoms. The molecule has 2 heterocycles. The third-order valence-electron chi connectivity index (χ3n) is 5.32. The fourth-order valence-electron chi connectivity index (χ4n) is 3.85. The number of anilines is 1. The second-order valence-electron chi connectivity index (χ2n) is 7.12. The van der Waals surface area contributed by atoms with Crippen LogP contribution in [0.5, 0.6) is 0 Å². The van der Waals surface area contributed by atoms with Gasteiger partial charge in [-0.25, -0.2) is 4.79 Å². The lowest BCUT2D eigenvalue weighted by Gasteiger charge is -2.40. The Bertz CT molecular complexity index is 731. The number of nitro benzene ring substituents is 1. The highest BCUT2D eigenvalue weighted by Crippen LogP contribution is 2.34. The molecular weight excluding hydrogens is 362 g/mol. The molecule has 1 aromatic carbocycles. The Morgan fingerprint density at radius 2 is 2.11 bits per heavy atom. The lowest BCUT2D eigenvalue weighted by Crippen LogP contribution is -2.49. The molecule has 0 saturated carbocycles. The Morgan fingerprint density at radius 3 is 2.82 bits per heavy atom. The summed E-state index contributed by atoms with van der Waals surface area (Å²) in [6.07, 6.45) is 5.99. The molecule has 0 bridgehead atoms. The summed E-state index contributed by atoms with van der Waals surface area (Å²) in [5, 5.41) is 11.7. The molecule has 2 aliphatic rings. The number of hydrogen-bond acceptors (Lipinski definition) is 7. The highest BCUT2D eigenvalue weighted by atomic mass is 16.6. The second-order valence-corrected chi connectivity index (χ2v) is 7.12. The van der Waals surface area contributed by atoms with Crippen LogP contribution in [-0.2, 0) is 14.3 Å². The number of esters is 1. The molecule has 8 nitrogen and oxygen atoms in total. The molecule has 2 aliphatic heterocycles. The molecule has 1 aromatic rings. The summed E-state index contributed by atoms with van der Waals surface area (Å²) < 4.78 is 10.0. The molecule has 2 saturated heterocycles. The highest BCUT2D eigenvalue weighted by molar-refractivity contribution is 5.87. The summed E-state index contributed by atoms with van der Waals surface area (Å²) in [5.41, 5.74) is 1.32. The molecule has 3 rings (SSSR count). The third-order valence-corrected chi connectivity index (χ3v) is 5.32. The molecule has 0 aliphatic carbocycles. The minimum Gasteiger partial charge on any atom is -0.466 e. The van der Waals surface area contributed by atoms with Gasteiger partial charge < -0.3 is 14.4 Å². The van der Waals surface area contributed by atoms with Gasteiger partial charge in [-0.2, -0.15) is 0 Å². The van der Waals surface area contributed by atoms with Gasteiger partial charge in [-0.3, -0.25) is 15.0 Å². The highest BCUT2D eigenvalue weighted by Gasteiger charge is 2.30. The van der Waals surface area contributed by atoms with E-state index in [1.54, 1.807) is 6.07 Å². The van der Waals surface area contributed by atoms with Crippen molar-refractivity contribution in [3.8, 4) is 0 Å². The van der Waals surface area contributed by atoms with Crippen molar-refractivity contribution in [2.75, 3.05) is 51.4 Å². The van der Waals surface area contributed by atoms with Crippen molar-refractivity contribution in [1.82, 2.24) is 4.90 Å². The average molecular weight is 389 g/mol. The van der Waals surface area contributed by atoms with Crippen LogP contribution in [0.3, 0.4) is 0 Å². The Morgan fingerprint density at radius 1 is 1.32 bits per heavy atom. The number of morpholine rings is 1. The Hall–Kier alpha value is -2.45. The van der Waals surface area contributed by atoms with Crippen LogP contribution in [-0.4, -0.2) is 68.3 Å². The minimum absolute atomic E-state index is 0.0703. The van der Waals surface area contributed by atoms with Gasteiger partial charge in [-0.05, 0) is 37.0 Å². The Balaban J connectivity index is 1.83. The van der Waals surface area contributed by atoms with E-state index < -0.39 is 5.97 Å². The van der Waals surface area contributed by atoms with E-state index in [1.807, 2.05) is 6.07 Å². The smallest absolute Gasteiger partial charge is 0.330 e. The first kappa shape index (κ1) is 20.3. The summed E-state index contributed by atoms with van der Waals surface area (Å²) in [7, 11) is 1.29. The van der Waals surface area contributed by atoms with E-state index in [2.05, 4.69) is 14.5 Å². The number of nitro groups is 1. The largest absolute Gasteiger partial charge is 0.466 e. The summed E-state index contributed by atoms with van der Waals surface area (Å²) in [6, 6.07) is 5.38. The van der Waals surface area contributed by atoms with E-state index in [1.165, 1.54) is 25.3 Å². The second kappa shape index (κ2) is 9.66. The van der Waals surface area contributed by atoms with Gasteiger partial charge in [0.2, 0.25) is 0 Å². The van der Waals surface area contributed by atoms with Gasteiger partial charge in [0, 0.05) is 44.4 Å². The van der Waals surface area contributed by atoms with Gasteiger partial charge in [-0.1, -0.05) is 6.07 Å². The molecule has 8 heteroatoms. The van der Waals surface area contributed by atoms with Crippen LogP contribution in [0.25, 0.3) is 6.08 Å². The topological polar surface area (TPSA) is 85.2 Å². The number of carbonyl (C=O) groups excluding carboxylic acids is 1. The number of piperidine rings is 1. The molecule has 152 valence electrons. The van der Waals surface area contributed by atoms with Gasteiger partial charge in [0.05, 0.1) is 25.2 Å². The fourth-order valence-corrected chi connectivity index (χ4v) is 3.85. The molecule has 0 amide bonds. The lowest BCUT2D eigenvalue weighted by molar-refractivity contribution is -0.384. The lowest BCUT2D eigenvalue weighted by atomic mass is 9.99. The van der Waals surface area contributed by atoms with E-state index in [-0.39, 0.29) is 16.7 Å². The third kappa shape index (κ3) is 5.08. The van der Waals surface area contributed by atoms with Crippen molar-refractivity contribution < 1.29 is 19.2 Å². The SMILES string of the molecule is COC(=O)C=Cc1ccc(N2CCCCC2CN2CCOCC2)c([N+](=O)[O-])c1. The van der Waals surface area contributed by atoms with Crippen molar-refractivity contribution in [3.63, 3.8) is 0 Å². The van der Waals surface area contributed by atoms with Crippen molar-refractivity contribution in [3.05, 3.63) is 40.0 Å². The van der Waals surface area contributed by atoms with Crippen LogP contribution in [0.2, 0.25) is 0 Å². The minimum atomic E-state index is -0.492. The predicted octanol–water partition coefficient (Wildman–Crippen LogP) is 2.47. The summed E-state index contributed by atoms with van der Waals surface area (Å²) in [5.74, 6) is -0.492. The molecule has 0 aromatic heterocycles. The zero-order valence-electron chi connectivity index (χ0n) is 16.2. The zero-order valence-corrected chi connectivity index (χ0v) is 16.2. The number of rotatable bonds is 6. The fraction of sp³-hybridized carbons (Fsp3) is 0.550. The zero-order chi connectivity index (χ0) is 19.9. The number of nitrogens with zero attached hydrogens (tertiary/aromatic N) is 3. The van der Waals surface area contributed by atoms with Crippen molar-refractivity contribution in [1.29, 1.82) is 0 Å². The molecule has 1 atom stereocenters. The van der Waals surface area contributed by atoms with E-state index in [4.69, 9.17) is 4.74 Å². The standard InChI is InChI=1S/C20H27N3O5/c1-27-20(24)8-6-16-5-7-18(19(14-16)23(25)26)22-9-3-2-4-17(22)15-21-10-12-28-13-11-21/h5-8,14,17H,2-4,9-13,15H2,1H3. The van der Waals surface area contributed by atoms with Gasteiger partial charge >= 0.3 is 5.97 Å². The Labute approximate surface area is 164 Å². The quantitative estimate of drug-likeness (QED) is 0.320.